The van der Waals surface area contributed by atoms with Crippen LogP contribution in [0.2, 0.25) is 0 Å². The van der Waals surface area contributed by atoms with E-state index in [1.165, 1.54) is 88.7 Å². The van der Waals surface area contributed by atoms with Gasteiger partial charge in [0.2, 0.25) is 0 Å². The fraction of sp³-hybridized carbons (Fsp3) is 0.0508. The van der Waals surface area contributed by atoms with Gasteiger partial charge in [-0.2, -0.15) is 0 Å². The van der Waals surface area contributed by atoms with E-state index in [9.17, 15) is 0 Å². The molecule has 1 unspecified atom stereocenters. The molecule has 0 radical (unpaired) electrons. The molecule has 0 saturated heterocycles. The minimum absolute atomic E-state index is 0.457. The summed E-state index contributed by atoms with van der Waals surface area (Å²) in [5, 5.41) is 2.61. The summed E-state index contributed by atoms with van der Waals surface area (Å²) in [6.07, 6.45) is 6.86. The molecule has 0 aliphatic heterocycles. The summed E-state index contributed by atoms with van der Waals surface area (Å²) in [4.78, 5) is 2.47. The fourth-order valence-electron chi connectivity index (χ4n) is 10.6. The Balaban J connectivity index is 1.16. The molecule has 0 amide bonds. The standard InChI is InChI=1S/C59H41N/c1-4-16-40(17-5-1)42-28-33-46(34-29-42)60(47-35-30-43(31-36-47)41-18-6-2-7-19-41)48-38-53(44-20-8-3-9-21-44)57-52-25-13-15-27-55(52)59(56(57)39-48)54-26-14-12-24-50(54)51-37-32-45-22-10-11-23-49(45)58(51)59/h1-14,16-26,28-39H,15,27H2. The molecule has 0 saturated carbocycles. The summed E-state index contributed by atoms with van der Waals surface area (Å²) in [5.41, 5.74) is 21.3. The number of nitrogens with zero attached hydrogens (tertiary/aromatic N) is 1. The van der Waals surface area contributed by atoms with Crippen molar-refractivity contribution in [3.05, 3.63) is 252 Å². The highest BCUT2D eigenvalue weighted by atomic mass is 15.1. The van der Waals surface area contributed by atoms with Crippen molar-refractivity contribution in [2.24, 2.45) is 0 Å². The molecule has 0 heterocycles. The maximum Gasteiger partial charge on any atom is 0.0695 e. The van der Waals surface area contributed by atoms with Crippen LogP contribution in [0.5, 0.6) is 0 Å². The Morgan fingerprint density at radius 3 is 1.63 bits per heavy atom. The summed E-state index contributed by atoms with van der Waals surface area (Å²) in [7, 11) is 0. The summed E-state index contributed by atoms with van der Waals surface area (Å²) >= 11 is 0. The Bertz CT molecular complexity index is 3070. The Morgan fingerprint density at radius 2 is 0.967 bits per heavy atom. The van der Waals surface area contributed by atoms with Crippen molar-refractivity contribution >= 4 is 33.4 Å². The largest absolute Gasteiger partial charge is 0.310 e. The molecule has 0 N–H and O–H groups in total. The van der Waals surface area contributed by atoms with E-state index in [-0.39, 0.29) is 0 Å². The van der Waals surface area contributed by atoms with Crippen molar-refractivity contribution in [3.63, 3.8) is 0 Å². The topological polar surface area (TPSA) is 3.24 Å². The highest BCUT2D eigenvalue weighted by Gasteiger charge is 2.54. The zero-order chi connectivity index (χ0) is 39.6. The SMILES string of the molecule is C1=CC2=C(CC1)C1(c3ccccc3-c3ccc4ccccc4c31)c1cc(N(c3ccc(-c4ccccc4)cc3)c3ccc(-c4ccccc4)cc3)cc(-c3ccccc3)c12. The van der Waals surface area contributed by atoms with Crippen LogP contribution in [0, 0.1) is 0 Å². The summed E-state index contributed by atoms with van der Waals surface area (Å²) in [6, 6.07) is 78.6. The lowest BCUT2D eigenvalue weighted by atomic mass is 9.67. The Labute approximate surface area is 351 Å². The summed E-state index contributed by atoms with van der Waals surface area (Å²) < 4.78 is 0. The van der Waals surface area contributed by atoms with Gasteiger partial charge in [0.05, 0.1) is 5.41 Å². The third kappa shape index (κ3) is 5.19. The van der Waals surface area contributed by atoms with Gasteiger partial charge in [0.1, 0.15) is 0 Å². The monoisotopic (exact) mass is 763 g/mol. The van der Waals surface area contributed by atoms with Crippen molar-refractivity contribution < 1.29 is 0 Å². The molecule has 1 atom stereocenters. The lowest BCUT2D eigenvalue weighted by Gasteiger charge is -2.35. The van der Waals surface area contributed by atoms with Crippen LogP contribution >= 0.6 is 0 Å². The molecule has 0 aromatic heterocycles. The smallest absolute Gasteiger partial charge is 0.0695 e. The molecule has 1 heteroatoms. The molecule has 9 aromatic carbocycles. The average molecular weight is 764 g/mol. The number of rotatable bonds is 6. The molecule has 282 valence electrons. The first-order chi connectivity index (χ1) is 29.8. The van der Waals surface area contributed by atoms with Crippen LogP contribution in [-0.2, 0) is 5.41 Å². The molecule has 3 aliphatic carbocycles. The van der Waals surface area contributed by atoms with Gasteiger partial charge in [-0.3, -0.25) is 0 Å². The van der Waals surface area contributed by atoms with Crippen molar-refractivity contribution in [2.75, 3.05) is 4.90 Å². The van der Waals surface area contributed by atoms with Crippen LogP contribution in [0.15, 0.2) is 230 Å². The quantitative estimate of drug-likeness (QED) is 0.163. The van der Waals surface area contributed by atoms with Gasteiger partial charge in [0.15, 0.2) is 0 Å². The minimum atomic E-state index is -0.457. The molecule has 1 nitrogen and oxygen atoms in total. The third-order valence-electron chi connectivity index (χ3n) is 13.2. The second-order valence-electron chi connectivity index (χ2n) is 16.3. The van der Waals surface area contributed by atoms with Crippen LogP contribution in [-0.4, -0.2) is 0 Å². The van der Waals surface area contributed by atoms with E-state index in [0.717, 1.165) is 29.9 Å². The van der Waals surface area contributed by atoms with Crippen LogP contribution < -0.4 is 4.90 Å². The van der Waals surface area contributed by atoms with Gasteiger partial charge in [-0.05, 0) is 138 Å². The molecule has 12 rings (SSSR count). The number of hydrogen-bond acceptors (Lipinski definition) is 1. The van der Waals surface area contributed by atoms with Crippen molar-refractivity contribution in [1.82, 2.24) is 0 Å². The van der Waals surface area contributed by atoms with E-state index in [1.807, 2.05) is 0 Å². The summed E-state index contributed by atoms with van der Waals surface area (Å²) in [5.74, 6) is 0. The normalized spacial score (nSPS) is 15.8. The number of hydrogen-bond donors (Lipinski definition) is 0. The van der Waals surface area contributed by atoms with Crippen molar-refractivity contribution in [1.29, 1.82) is 0 Å². The molecule has 60 heavy (non-hydrogen) atoms. The van der Waals surface area contributed by atoms with Gasteiger partial charge < -0.3 is 4.90 Å². The highest BCUT2D eigenvalue weighted by molar-refractivity contribution is 6.07. The van der Waals surface area contributed by atoms with Gasteiger partial charge in [0.25, 0.3) is 0 Å². The molecular formula is C59H41N. The van der Waals surface area contributed by atoms with E-state index in [0.29, 0.717) is 0 Å². The van der Waals surface area contributed by atoms with Gasteiger partial charge in [-0.15, -0.1) is 0 Å². The molecule has 3 aliphatic rings. The lowest BCUT2D eigenvalue weighted by molar-refractivity contribution is 0.719. The van der Waals surface area contributed by atoms with Gasteiger partial charge in [-0.25, -0.2) is 0 Å². The zero-order valence-electron chi connectivity index (χ0n) is 33.2. The second kappa shape index (κ2) is 13.8. The minimum Gasteiger partial charge on any atom is -0.310 e. The van der Waals surface area contributed by atoms with Crippen LogP contribution in [0.25, 0.3) is 60.9 Å². The molecule has 0 bridgehead atoms. The molecule has 1 spiro atoms. The summed E-state index contributed by atoms with van der Waals surface area (Å²) in [6.45, 7) is 0. The number of anilines is 3. The van der Waals surface area contributed by atoms with Crippen molar-refractivity contribution in [3.8, 4) is 44.5 Å². The van der Waals surface area contributed by atoms with E-state index in [1.54, 1.807) is 0 Å². The van der Waals surface area contributed by atoms with Crippen LogP contribution in [0.3, 0.4) is 0 Å². The van der Waals surface area contributed by atoms with E-state index in [2.05, 4.69) is 229 Å². The fourth-order valence-corrected chi connectivity index (χ4v) is 10.6. The predicted molar refractivity (Wildman–Crippen MR) is 252 cm³/mol. The van der Waals surface area contributed by atoms with Gasteiger partial charge in [-0.1, -0.05) is 188 Å². The first-order valence-corrected chi connectivity index (χ1v) is 21.1. The number of allylic oxidation sites excluding steroid dienone is 4. The van der Waals surface area contributed by atoms with Gasteiger partial charge >= 0.3 is 0 Å². The maximum atomic E-state index is 2.55. The second-order valence-corrected chi connectivity index (χ2v) is 16.3. The molecule has 9 aromatic rings. The average Bonchev–Trinajstić information content (AvgIpc) is 3.80. The van der Waals surface area contributed by atoms with E-state index in [4.69, 9.17) is 0 Å². The lowest BCUT2D eigenvalue weighted by Crippen LogP contribution is -2.28. The van der Waals surface area contributed by atoms with E-state index < -0.39 is 5.41 Å². The van der Waals surface area contributed by atoms with Crippen molar-refractivity contribution in [2.45, 2.75) is 18.3 Å². The maximum absolute atomic E-state index is 2.55. The number of fused-ring (bicyclic) bond motifs is 11. The Morgan fingerprint density at radius 1 is 0.400 bits per heavy atom. The molecule has 0 fully saturated rings. The zero-order valence-corrected chi connectivity index (χ0v) is 33.2. The number of benzene rings is 9. The predicted octanol–water partition coefficient (Wildman–Crippen LogP) is 15.7. The van der Waals surface area contributed by atoms with E-state index >= 15 is 0 Å². The Hall–Kier alpha value is -7.48. The third-order valence-corrected chi connectivity index (χ3v) is 13.2. The van der Waals surface area contributed by atoms with Gasteiger partial charge in [0, 0.05) is 17.1 Å². The first-order valence-electron chi connectivity index (χ1n) is 21.1. The first kappa shape index (κ1) is 34.6. The molecular weight excluding hydrogens is 723 g/mol. The van der Waals surface area contributed by atoms with Crippen LogP contribution in [0.4, 0.5) is 17.1 Å². The highest BCUT2D eigenvalue weighted by Crippen LogP contribution is 2.66. The Kier molecular flexibility index (Phi) is 7.96. The van der Waals surface area contributed by atoms with Crippen LogP contribution in [0.1, 0.15) is 35.1 Å².